The number of hydrogen-bond donors (Lipinski definition) is 1. The van der Waals surface area contributed by atoms with Crippen LogP contribution in [0.15, 0.2) is 35.1 Å². The summed E-state index contributed by atoms with van der Waals surface area (Å²) in [7, 11) is 1.66. The fourth-order valence-electron chi connectivity index (χ4n) is 2.02. The molecule has 0 radical (unpaired) electrons. The fraction of sp³-hybridized carbons (Fsp3) is 0.200. The van der Waals surface area contributed by atoms with Gasteiger partial charge in [-0.15, -0.1) is 0 Å². The zero-order valence-electron chi connectivity index (χ0n) is 11.3. The number of carbonyl (C=O) groups is 1. The van der Waals surface area contributed by atoms with E-state index in [4.69, 9.17) is 9.84 Å². The number of aliphatic carboxylic acids is 1. The monoisotopic (exact) mass is 273 g/mol. The van der Waals surface area contributed by atoms with Gasteiger partial charge in [-0.25, -0.2) is 4.79 Å². The second-order valence-electron chi connectivity index (χ2n) is 4.29. The fourth-order valence-corrected chi connectivity index (χ4v) is 2.02. The van der Waals surface area contributed by atoms with E-state index in [9.17, 15) is 9.59 Å². The Balaban J connectivity index is 2.63. The Bertz CT molecular complexity index is 743. The summed E-state index contributed by atoms with van der Waals surface area (Å²) in [4.78, 5) is 22.6. The van der Waals surface area contributed by atoms with E-state index in [0.717, 1.165) is 17.0 Å². The first-order valence-electron chi connectivity index (χ1n) is 6.20. The van der Waals surface area contributed by atoms with Crippen LogP contribution in [-0.4, -0.2) is 22.2 Å². The van der Waals surface area contributed by atoms with Crippen LogP contribution < -0.4 is 10.3 Å². The van der Waals surface area contributed by atoms with Crippen LogP contribution >= 0.6 is 0 Å². The number of benzene rings is 1. The first kappa shape index (κ1) is 13.9. The summed E-state index contributed by atoms with van der Waals surface area (Å²) >= 11 is 0. The van der Waals surface area contributed by atoms with Gasteiger partial charge in [0.05, 0.1) is 12.1 Å². The molecular formula is C15H15NO4. The molecule has 0 aliphatic carbocycles. The molecule has 0 saturated carbocycles. The number of nitrogens with zero attached hydrogens (tertiary/aromatic N) is 1. The van der Waals surface area contributed by atoms with E-state index < -0.39 is 5.97 Å². The van der Waals surface area contributed by atoms with Gasteiger partial charge in [-0.1, -0.05) is 0 Å². The van der Waals surface area contributed by atoms with E-state index >= 15 is 0 Å². The van der Waals surface area contributed by atoms with Crippen LogP contribution in [0.2, 0.25) is 0 Å². The Kier molecular flexibility index (Phi) is 3.89. The van der Waals surface area contributed by atoms with Crippen molar-refractivity contribution in [2.24, 2.45) is 7.05 Å². The number of ether oxygens (including phenoxy) is 1. The van der Waals surface area contributed by atoms with Crippen LogP contribution in [0.4, 0.5) is 0 Å². The topological polar surface area (TPSA) is 68.5 Å². The molecule has 1 N–H and O–H groups in total. The van der Waals surface area contributed by atoms with E-state index in [0.29, 0.717) is 17.9 Å². The quantitative estimate of drug-likeness (QED) is 0.865. The molecule has 1 aromatic carbocycles. The molecule has 5 nitrogen and oxygen atoms in total. The van der Waals surface area contributed by atoms with E-state index in [1.807, 2.05) is 19.1 Å². The lowest BCUT2D eigenvalue weighted by Gasteiger charge is -2.09. The molecule has 104 valence electrons. The summed E-state index contributed by atoms with van der Waals surface area (Å²) < 4.78 is 6.92. The molecule has 1 aromatic heterocycles. The number of rotatable bonds is 4. The smallest absolute Gasteiger partial charge is 0.328 e. The average Bonchev–Trinajstić information content (AvgIpc) is 2.41. The molecule has 0 aliphatic rings. The predicted octanol–water partition coefficient (Wildman–Crippen LogP) is 2.04. The Morgan fingerprint density at radius 1 is 1.40 bits per heavy atom. The Morgan fingerprint density at radius 3 is 2.80 bits per heavy atom. The SMILES string of the molecule is CCOc1ccc2c(c1)cc(/C=C/C(=O)O)c(=O)n2C. The minimum absolute atomic E-state index is 0.237. The number of aryl methyl sites for hydroxylation is 1. The van der Waals surface area contributed by atoms with Crippen LogP contribution in [0.25, 0.3) is 17.0 Å². The van der Waals surface area contributed by atoms with Gasteiger partial charge in [-0.05, 0) is 37.3 Å². The van der Waals surface area contributed by atoms with Gasteiger partial charge in [0, 0.05) is 24.1 Å². The third-order valence-corrected chi connectivity index (χ3v) is 2.94. The van der Waals surface area contributed by atoms with Crippen LogP contribution in [-0.2, 0) is 11.8 Å². The third kappa shape index (κ3) is 2.71. The third-order valence-electron chi connectivity index (χ3n) is 2.94. The molecule has 0 atom stereocenters. The molecule has 5 heteroatoms. The van der Waals surface area contributed by atoms with Crippen molar-refractivity contribution in [2.45, 2.75) is 6.92 Å². The largest absolute Gasteiger partial charge is 0.494 e. The van der Waals surface area contributed by atoms with Gasteiger partial charge in [-0.2, -0.15) is 0 Å². The highest BCUT2D eigenvalue weighted by Gasteiger charge is 2.06. The molecule has 0 saturated heterocycles. The van der Waals surface area contributed by atoms with Crippen molar-refractivity contribution >= 4 is 22.9 Å². The zero-order chi connectivity index (χ0) is 14.7. The highest BCUT2D eigenvalue weighted by atomic mass is 16.5. The molecule has 2 rings (SSSR count). The molecule has 0 unspecified atom stereocenters. The molecule has 0 spiro atoms. The van der Waals surface area contributed by atoms with Crippen LogP contribution in [0, 0.1) is 0 Å². The normalized spacial score (nSPS) is 11.1. The van der Waals surface area contributed by atoms with Crippen molar-refractivity contribution in [3.05, 3.63) is 46.3 Å². The molecule has 0 aliphatic heterocycles. The summed E-state index contributed by atoms with van der Waals surface area (Å²) in [6.07, 6.45) is 2.26. The standard InChI is InChI=1S/C15H15NO4/c1-3-20-12-5-6-13-11(9-12)8-10(4-7-14(17)18)15(19)16(13)2/h4-9H,3H2,1-2H3,(H,17,18)/b7-4+. The Hall–Kier alpha value is -2.56. The number of aromatic nitrogens is 1. The first-order chi connectivity index (χ1) is 9.52. The van der Waals surface area contributed by atoms with E-state index in [1.54, 1.807) is 19.2 Å². The van der Waals surface area contributed by atoms with E-state index in [2.05, 4.69) is 0 Å². The number of carboxylic acids is 1. The van der Waals surface area contributed by atoms with Crippen LogP contribution in [0.5, 0.6) is 5.75 Å². The maximum absolute atomic E-state index is 12.1. The number of fused-ring (bicyclic) bond motifs is 1. The van der Waals surface area contributed by atoms with Crippen molar-refractivity contribution in [1.82, 2.24) is 4.57 Å². The molecular weight excluding hydrogens is 258 g/mol. The molecule has 2 aromatic rings. The van der Waals surface area contributed by atoms with Crippen molar-refractivity contribution in [3.8, 4) is 5.75 Å². The summed E-state index contributed by atoms with van der Waals surface area (Å²) in [5, 5.41) is 9.47. The van der Waals surface area contributed by atoms with E-state index in [-0.39, 0.29) is 5.56 Å². The lowest BCUT2D eigenvalue weighted by atomic mass is 10.1. The summed E-state index contributed by atoms with van der Waals surface area (Å²) in [6, 6.07) is 7.11. The second-order valence-corrected chi connectivity index (χ2v) is 4.29. The summed E-state index contributed by atoms with van der Waals surface area (Å²) in [5.74, 6) is -0.373. The number of pyridine rings is 1. The van der Waals surface area contributed by atoms with E-state index in [1.165, 1.54) is 10.6 Å². The summed E-state index contributed by atoms with van der Waals surface area (Å²) in [5.41, 5.74) is 0.862. The Labute approximate surface area is 115 Å². The van der Waals surface area contributed by atoms with Crippen LogP contribution in [0.1, 0.15) is 12.5 Å². The maximum Gasteiger partial charge on any atom is 0.328 e. The lowest BCUT2D eigenvalue weighted by molar-refractivity contribution is -0.131. The van der Waals surface area contributed by atoms with Crippen molar-refractivity contribution in [1.29, 1.82) is 0 Å². The summed E-state index contributed by atoms with van der Waals surface area (Å²) in [6.45, 7) is 2.45. The molecule has 1 heterocycles. The first-order valence-corrected chi connectivity index (χ1v) is 6.20. The Morgan fingerprint density at radius 2 is 2.15 bits per heavy atom. The maximum atomic E-state index is 12.1. The van der Waals surface area contributed by atoms with Gasteiger partial charge in [-0.3, -0.25) is 4.79 Å². The lowest BCUT2D eigenvalue weighted by Crippen LogP contribution is -2.19. The molecule has 0 fully saturated rings. The van der Waals surface area contributed by atoms with Crippen LogP contribution in [0.3, 0.4) is 0 Å². The minimum atomic E-state index is -1.09. The van der Waals surface area contributed by atoms with Gasteiger partial charge in [0.25, 0.3) is 5.56 Å². The van der Waals surface area contributed by atoms with Gasteiger partial charge in [0.1, 0.15) is 5.75 Å². The average molecular weight is 273 g/mol. The molecule has 20 heavy (non-hydrogen) atoms. The van der Waals surface area contributed by atoms with Gasteiger partial charge in [0.2, 0.25) is 0 Å². The van der Waals surface area contributed by atoms with Gasteiger partial charge in [0.15, 0.2) is 0 Å². The van der Waals surface area contributed by atoms with Crippen molar-refractivity contribution in [2.75, 3.05) is 6.61 Å². The van der Waals surface area contributed by atoms with Gasteiger partial charge >= 0.3 is 5.97 Å². The molecule has 0 bridgehead atoms. The number of carboxylic acid groups (broad SMARTS) is 1. The zero-order valence-corrected chi connectivity index (χ0v) is 11.3. The number of hydrogen-bond acceptors (Lipinski definition) is 3. The second kappa shape index (κ2) is 5.61. The highest BCUT2D eigenvalue weighted by molar-refractivity contribution is 5.87. The van der Waals surface area contributed by atoms with Crippen molar-refractivity contribution < 1.29 is 14.6 Å². The predicted molar refractivity (Wildman–Crippen MR) is 77.0 cm³/mol. The van der Waals surface area contributed by atoms with Crippen molar-refractivity contribution in [3.63, 3.8) is 0 Å². The minimum Gasteiger partial charge on any atom is -0.494 e. The molecule has 0 amide bonds. The highest BCUT2D eigenvalue weighted by Crippen LogP contribution is 2.20. The van der Waals surface area contributed by atoms with Gasteiger partial charge < -0.3 is 14.4 Å².